The molecular weight excluding hydrogens is 403 g/mol. The summed E-state index contributed by atoms with van der Waals surface area (Å²) in [5.74, 6) is -0.0551. The third-order valence-electron chi connectivity index (χ3n) is 3.75. The summed E-state index contributed by atoms with van der Waals surface area (Å²) in [6, 6.07) is 13.0. The van der Waals surface area contributed by atoms with Gasteiger partial charge in [0, 0.05) is 10.7 Å². The Labute approximate surface area is 171 Å². The number of anilines is 2. The second-order valence-corrected chi connectivity index (χ2v) is 6.69. The molecule has 1 heterocycles. The van der Waals surface area contributed by atoms with Gasteiger partial charge in [-0.2, -0.15) is 0 Å². The fourth-order valence-corrected chi connectivity index (χ4v) is 2.68. The highest BCUT2D eigenvalue weighted by molar-refractivity contribution is 6.34. The monoisotopic (exact) mass is 418 g/mol. The maximum atomic E-state index is 12.1. The number of halogens is 2. The second kappa shape index (κ2) is 8.82. The van der Waals surface area contributed by atoms with Crippen molar-refractivity contribution in [1.82, 2.24) is 0 Å². The van der Waals surface area contributed by atoms with Crippen LogP contribution in [-0.2, 0) is 4.79 Å². The van der Waals surface area contributed by atoms with Crippen LogP contribution >= 0.6 is 23.2 Å². The van der Waals surface area contributed by atoms with E-state index in [9.17, 15) is 9.59 Å². The number of rotatable bonds is 6. The van der Waals surface area contributed by atoms with E-state index in [-0.39, 0.29) is 23.3 Å². The topological polar surface area (TPSA) is 80.6 Å². The summed E-state index contributed by atoms with van der Waals surface area (Å²) in [7, 11) is 0. The van der Waals surface area contributed by atoms with Gasteiger partial charge in [0.05, 0.1) is 17.0 Å². The zero-order chi connectivity index (χ0) is 20.1. The molecule has 28 heavy (non-hydrogen) atoms. The summed E-state index contributed by atoms with van der Waals surface area (Å²) < 4.78 is 10.5. The number of aryl methyl sites for hydroxylation is 1. The summed E-state index contributed by atoms with van der Waals surface area (Å²) in [6.45, 7) is 1.68. The van der Waals surface area contributed by atoms with Crippen molar-refractivity contribution in [2.24, 2.45) is 0 Å². The molecule has 0 spiro atoms. The van der Waals surface area contributed by atoms with Crippen LogP contribution in [0.5, 0.6) is 5.75 Å². The Morgan fingerprint density at radius 1 is 1.04 bits per heavy atom. The first-order valence-electron chi connectivity index (χ1n) is 8.25. The maximum Gasteiger partial charge on any atom is 0.291 e. The smallest absolute Gasteiger partial charge is 0.291 e. The molecule has 1 aromatic heterocycles. The van der Waals surface area contributed by atoms with Gasteiger partial charge in [0.25, 0.3) is 11.8 Å². The third kappa shape index (κ3) is 5.06. The lowest BCUT2D eigenvalue weighted by Gasteiger charge is -2.11. The Morgan fingerprint density at radius 2 is 1.86 bits per heavy atom. The normalized spacial score (nSPS) is 10.4. The Balaban J connectivity index is 1.56. The standard InChI is InChI=1S/C20H16Cl2N2O4/c1-12-9-14(5-6-15(12)21)28-11-19(25)23-13-4-7-17(16(22)10-13)24-20(26)18-3-2-8-27-18/h2-10H,11H2,1H3,(H,23,25)(H,24,26). The van der Waals surface area contributed by atoms with Gasteiger partial charge < -0.3 is 19.8 Å². The van der Waals surface area contributed by atoms with Gasteiger partial charge in [0.15, 0.2) is 12.4 Å². The Hall–Kier alpha value is -2.96. The van der Waals surface area contributed by atoms with E-state index in [0.29, 0.717) is 22.1 Å². The van der Waals surface area contributed by atoms with Gasteiger partial charge in [-0.15, -0.1) is 0 Å². The van der Waals surface area contributed by atoms with Crippen molar-refractivity contribution in [3.63, 3.8) is 0 Å². The number of ether oxygens (including phenoxy) is 1. The lowest BCUT2D eigenvalue weighted by molar-refractivity contribution is -0.118. The van der Waals surface area contributed by atoms with Crippen LogP contribution in [0.25, 0.3) is 0 Å². The first-order valence-corrected chi connectivity index (χ1v) is 9.01. The predicted molar refractivity (Wildman–Crippen MR) is 108 cm³/mol. The van der Waals surface area contributed by atoms with Gasteiger partial charge in [-0.1, -0.05) is 23.2 Å². The number of carbonyl (C=O) groups is 2. The number of hydrogen-bond donors (Lipinski definition) is 2. The van der Waals surface area contributed by atoms with E-state index in [0.717, 1.165) is 5.56 Å². The van der Waals surface area contributed by atoms with Gasteiger partial charge in [-0.3, -0.25) is 9.59 Å². The molecule has 0 radical (unpaired) electrons. The molecule has 0 aliphatic heterocycles. The van der Waals surface area contributed by atoms with E-state index in [1.165, 1.54) is 12.3 Å². The molecule has 0 atom stereocenters. The first kappa shape index (κ1) is 19.8. The van der Waals surface area contributed by atoms with E-state index in [2.05, 4.69) is 10.6 Å². The van der Waals surface area contributed by atoms with Crippen LogP contribution < -0.4 is 15.4 Å². The van der Waals surface area contributed by atoms with Crippen molar-refractivity contribution < 1.29 is 18.7 Å². The van der Waals surface area contributed by atoms with Crippen LogP contribution in [0.3, 0.4) is 0 Å². The summed E-state index contributed by atoms with van der Waals surface area (Å²) in [6.07, 6.45) is 1.41. The molecule has 2 N–H and O–H groups in total. The van der Waals surface area contributed by atoms with E-state index < -0.39 is 5.91 Å². The molecule has 0 fully saturated rings. The molecule has 6 nitrogen and oxygen atoms in total. The van der Waals surface area contributed by atoms with Crippen molar-refractivity contribution in [3.05, 3.63) is 76.2 Å². The van der Waals surface area contributed by atoms with Crippen molar-refractivity contribution in [3.8, 4) is 5.75 Å². The van der Waals surface area contributed by atoms with Gasteiger partial charge in [-0.05, 0) is 61.0 Å². The van der Waals surface area contributed by atoms with Crippen LogP contribution in [0.1, 0.15) is 16.1 Å². The Kier molecular flexibility index (Phi) is 6.23. The van der Waals surface area contributed by atoms with Crippen molar-refractivity contribution >= 4 is 46.4 Å². The minimum atomic E-state index is -0.421. The number of nitrogens with one attached hydrogen (secondary N) is 2. The summed E-state index contributed by atoms with van der Waals surface area (Å²) >= 11 is 12.1. The highest BCUT2D eigenvalue weighted by Crippen LogP contribution is 2.26. The maximum absolute atomic E-state index is 12.1. The highest BCUT2D eigenvalue weighted by atomic mass is 35.5. The lowest BCUT2D eigenvalue weighted by atomic mass is 10.2. The van der Waals surface area contributed by atoms with Crippen LogP contribution in [0.2, 0.25) is 10.0 Å². The minimum absolute atomic E-state index is 0.169. The average molecular weight is 419 g/mol. The SMILES string of the molecule is Cc1cc(OCC(=O)Nc2ccc(NC(=O)c3ccco3)c(Cl)c2)ccc1Cl. The molecule has 144 valence electrons. The molecular formula is C20H16Cl2N2O4. The van der Waals surface area contributed by atoms with Crippen LogP contribution in [0.15, 0.2) is 59.2 Å². The quantitative estimate of drug-likeness (QED) is 0.578. The zero-order valence-electron chi connectivity index (χ0n) is 14.8. The second-order valence-electron chi connectivity index (χ2n) is 5.87. The summed E-state index contributed by atoms with van der Waals surface area (Å²) in [4.78, 5) is 24.1. The van der Waals surface area contributed by atoms with Crippen molar-refractivity contribution in [2.75, 3.05) is 17.2 Å². The molecule has 0 aliphatic rings. The molecule has 0 unspecified atom stereocenters. The lowest BCUT2D eigenvalue weighted by Crippen LogP contribution is -2.20. The Morgan fingerprint density at radius 3 is 2.54 bits per heavy atom. The minimum Gasteiger partial charge on any atom is -0.484 e. The highest BCUT2D eigenvalue weighted by Gasteiger charge is 2.12. The van der Waals surface area contributed by atoms with Crippen molar-refractivity contribution in [2.45, 2.75) is 6.92 Å². The molecule has 2 aromatic carbocycles. The predicted octanol–water partition coefficient (Wildman–Crippen LogP) is 5.16. The van der Waals surface area contributed by atoms with Gasteiger partial charge in [0.1, 0.15) is 5.75 Å². The fraction of sp³-hybridized carbons (Fsp3) is 0.100. The third-order valence-corrected chi connectivity index (χ3v) is 4.48. The summed E-state index contributed by atoms with van der Waals surface area (Å²) in [5, 5.41) is 6.22. The van der Waals surface area contributed by atoms with Crippen LogP contribution in [-0.4, -0.2) is 18.4 Å². The molecule has 3 rings (SSSR count). The first-order chi connectivity index (χ1) is 13.4. The number of hydrogen-bond acceptors (Lipinski definition) is 4. The number of carbonyl (C=O) groups excluding carboxylic acids is 2. The fourth-order valence-electron chi connectivity index (χ4n) is 2.34. The molecule has 8 heteroatoms. The van der Waals surface area contributed by atoms with E-state index in [4.69, 9.17) is 32.4 Å². The van der Waals surface area contributed by atoms with Gasteiger partial charge in [-0.25, -0.2) is 0 Å². The van der Waals surface area contributed by atoms with Gasteiger partial charge >= 0.3 is 0 Å². The van der Waals surface area contributed by atoms with Crippen LogP contribution in [0, 0.1) is 6.92 Å². The molecule has 0 saturated heterocycles. The number of benzene rings is 2. The van der Waals surface area contributed by atoms with Crippen molar-refractivity contribution in [1.29, 1.82) is 0 Å². The summed E-state index contributed by atoms with van der Waals surface area (Å²) in [5.41, 5.74) is 1.73. The molecule has 0 saturated carbocycles. The van der Waals surface area contributed by atoms with Gasteiger partial charge in [0.2, 0.25) is 0 Å². The molecule has 3 aromatic rings. The van der Waals surface area contributed by atoms with Crippen LogP contribution in [0.4, 0.5) is 11.4 Å². The zero-order valence-corrected chi connectivity index (χ0v) is 16.3. The molecule has 0 bridgehead atoms. The molecule has 2 amide bonds. The van der Waals surface area contributed by atoms with E-state index >= 15 is 0 Å². The largest absolute Gasteiger partial charge is 0.484 e. The number of furan rings is 1. The van der Waals surface area contributed by atoms with E-state index in [1.54, 1.807) is 42.5 Å². The Bertz CT molecular complexity index is 1000. The average Bonchev–Trinajstić information content (AvgIpc) is 3.20. The molecule has 0 aliphatic carbocycles. The van der Waals surface area contributed by atoms with E-state index in [1.807, 2.05) is 6.92 Å². The number of amides is 2.